The molecule has 2 heterocycles. The summed E-state index contributed by atoms with van der Waals surface area (Å²) < 4.78 is 7.36. The van der Waals surface area contributed by atoms with Crippen LogP contribution in [0.15, 0.2) is 77.9 Å². The van der Waals surface area contributed by atoms with E-state index in [0.29, 0.717) is 17.0 Å². The fraction of sp³-hybridized carbons (Fsp3) is 0.219. The second kappa shape index (κ2) is 8.99. The maximum Gasteiger partial charge on any atom is 0.273 e. The number of carbonyl (C=O) groups excluding carboxylic acids is 2. The van der Waals surface area contributed by atoms with Gasteiger partial charge in [-0.15, -0.1) is 0 Å². The molecule has 4 aliphatic rings. The highest BCUT2D eigenvalue weighted by Gasteiger charge is 2.61. The summed E-state index contributed by atoms with van der Waals surface area (Å²) in [6, 6.07) is 22.6. The molecule has 1 aromatic heterocycles. The summed E-state index contributed by atoms with van der Waals surface area (Å²) in [4.78, 5) is 38.5. The summed E-state index contributed by atoms with van der Waals surface area (Å²) in [5.41, 5.74) is 7.38. The molecule has 9 heteroatoms. The summed E-state index contributed by atoms with van der Waals surface area (Å²) in [6.07, 6.45) is 1.55. The minimum atomic E-state index is -0.494. The van der Waals surface area contributed by atoms with E-state index in [4.69, 9.17) is 4.74 Å². The number of imide groups is 1. The van der Waals surface area contributed by atoms with E-state index in [2.05, 4.69) is 29.4 Å². The molecule has 3 aromatic carbocycles. The van der Waals surface area contributed by atoms with Crippen molar-refractivity contribution in [3.8, 4) is 11.4 Å². The van der Waals surface area contributed by atoms with Gasteiger partial charge in [0.05, 0.1) is 41.8 Å². The summed E-state index contributed by atoms with van der Waals surface area (Å²) >= 11 is 0. The third-order valence-corrected chi connectivity index (χ3v) is 8.82. The van der Waals surface area contributed by atoms with Crippen LogP contribution in [0.2, 0.25) is 0 Å². The van der Waals surface area contributed by atoms with E-state index in [9.17, 15) is 19.7 Å². The van der Waals surface area contributed by atoms with Crippen LogP contribution in [0.5, 0.6) is 5.75 Å². The molecule has 2 amide bonds. The average molecular weight is 547 g/mol. The molecule has 0 radical (unpaired) electrons. The molecular formula is C32H26N4O5. The fourth-order valence-electron chi connectivity index (χ4n) is 7.15. The molecule has 0 spiro atoms. The average Bonchev–Trinajstić information content (AvgIpc) is 3.41. The number of benzene rings is 3. The molecule has 2 bridgehead atoms. The lowest BCUT2D eigenvalue weighted by Crippen LogP contribution is -2.41. The number of methoxy groups -OCH3 is 1. The number of hydrogen-bond donors (Lipinski definition) is 0. The topological polar surface area (TPSA) is 107 Å². The van der Waals surface area contributed by atoms with Gasteiger partial charge in [0, 0.05) is 34.9 Å². The Bertz CT molecular complexity index is 1710. The first-order valence-electron chi connectivity index (χ1n) is 13.4. The minimum absolute atomic E-state index is 0.0689. The summed E-state index contributed by atoms with van der Waals surface area (Å²) in [6.45, 7) is 3.79. The molecule has 9 nitrogen and oxygen atoms in total. The summed E-state index contributed by atoms with van der Waals surface area (Å²) in [5, 5.41) is 16.8. The Kier molecular flexibility index (Phi) is 5.47. The number of aromatic nitrogens is 1. The number of ether oxygens (including phenoxy) is 1. The van der Waals surface area contributed by atoms with Crippen LogP contribution < -0.4 is 4.74 Å². The van der Waals surface area contributed by atoms with Gasteiger partial charge < -0.3 is 9.30 Å². The van der Waals surface area contributed by atoms with E-state index in [0.717, 1.165) is 38.7 Å². The molecule has 3 aliphatic carbocycles. The molecule has 8 rings (SSSR count). The zero-order valence-electron chi connectivity index (χ0n) is 22.6. The minimum Gasteiger partial charge on any atom is -0.494 e. The van der Waals surface area contributed by atoms with Gasteiger partial charge in [0.15, 0.2) is 0 Å². The van der Waals surface area contributed by atoms with Crippen LogP contribution >= 0.6 is 0 Å². The smallest absolute Gasteiger partial charge is 0.273 e. The Morgan fingerprint density at radius 2 is 1.39 bits per heavy atom. The molecule has 1 fully saturated rings. The van der Waals surface area contributed by atoms with Gasteiger partial charge in [-0.2, -0.15) is 10.1 Å². The van der Waals surface area contributed by atoms with Crippen molar-refractivity contribution < 1.29 is 19.2 Å². The third-order valence-electron chi connectivity index (χ3n) is 8.82. The Morgan fingerprint density at radius 1 is 0.854 bits per heavy atom. The van der Waals surface area contributed by atoms with Crippen molar-refractivity contribution in [3.05, 3.63) is 122 Å². The van der Waals surface area contributed by atoms with Crippen molar-refractivity contribution in [2.24, 2.45) is 16.9 Å². The molecule has 1 saturated heterocycles. The Hall–Kier alpha value is -5.05. The number of nitrogens with zero attached hydrogens (tertiary/aromatic N) is 4. The van der Waals surface area contributed by atoms with E-state index < -0.39 is 16.8 Å². The summed E-state index contributed by atoms with van der Waals surface area (Å²) in [7, 11) is 1.47. The molecule has 0 saturated carbocycles. The largest absolute Gasteiger partial charge is 0.494 e. The molecule has 4 aromatic rings. The number of carbonyl (C=O) groups is 2. The quantitative estimate of drug-likeness (QED) is 0.147. The van der Waals surface area contributed by atoms with Gasteiger partial charge in [-0.1, -0.05) is 48.5 Å². The van der Waals surface area contributed by atoms with Crippen molar-refractivity contribution >= 4 is 23.7 Å². The van der Waals surface area contributed by atoms with Crippen molar-refractivity contribution in [1.29, 1.82) is 0 Å². The molecule has 2 atom stereocenters. The Balaban J connectivity index is 1.25. The lowest BCUT2D eigenvalue weighted by atomic mass is 9.55. The van der Waals surface area contributed by atoms with Crippen molar-refractivity contribution in [2.75, 3.05) is 7.11 Å². The maximum absolute atomic E-state index is 13.8. The van der Waals surface area contributed by atoms with Gasteiger partial charge in [0.2, 0.25) is 0 Å². The standard InChI is InChI=1S/C32H26N4O5/c1-17-14-19(18(2)34(17)25-13-12-20(36(39)40)15-26(25)41-3)16-33-35-31(37)29-27-21-8-4-5-9-22(21)28(30(29)32(35)38)24-11-7-6-10-23(24)27/h4-16,27-30H,1-3H3/b33-16-/t27?,28?,29-,30+. The third kappa shape index (κ3) is 3.45. The van der Waals surface area contributed by atoms with Gasteiger partial charge in [0.25, 0.3) is 17.5 Å². The molecule has 0 N–H and O–H groups in total. The van der Waals surface area contributed by atoms with E-state index in [1.807, 2.05) is 48.7 Å². The molecule has 1 aliphatic heterocycles. The van der Waals surface area contributed by atoms with E-state index >= 15 is 0 Å². The van der Waals surface area contributed by atoms with Crippen molar-refractivity contribution in [1.82, 2.24) is 9.58 Å². The first-order chi connectivity index (χ1) is 19.8. The van der Waals surface area contributed by atoms with E-state index in [1.54, 1.807) is 12.3 Å². The number of nitro groups is 1. The highest BCUT2D eigenvalue weighted by atomic mass is 16.6. The van der Waals surface area contributed by atoms with Crippen LogP contribution in [-0.2, 0) is 9.59 Å². The zero-order chi connectivity index (χ0) is 28.6. The highest BCUT2D eigenvalue weighted by molar-refractivity contribution is 6.08. The normalized spacial score (nSPS) is 22.2. The molecular weight excluding hydrogens is 520 g/mol. The lowest BCUT2D eigenvalue weighted by molar-refractivity contribution is -0.384. The molecule has 0 unspecified atom stereocenters. The summed E-state index contributed by atoms with van der Waals surface area (Å²) in [5.74, 6) is -1.56. The van der Waals surface area contributed by atoms with Crippen LogP contribution in [-0.4, -0.2) is 39.6 Å². The van der Waals surface area contributed by atoms with E-state index in [1.165, 1.54) is 19.2 Å². The monoisotopic (exact) mass is 546 g/mol. The number of aryl methyl sites for hydroxylation is 1. The number of nitro benzene ring substituents is 1. The van der Waals surface area contributed by atoms with Gasteiger partial charge in [-0.3, -0.25) is 19.7 Å². The fourth-order valence-corrected chi connectivity index (χ4v) is 7.15. The Morgan fingerprint density at radius 3 is 1.88 bits per heavy atom. The zero-order valence-corrected chi connectivity index (χ0v) is 22.6. The number of amides is 2. The Labute approximate surface area is 235 Å². The number of hydrazone groups is 1. The van der Waals surface area contributed by atoms with Crippen LogP contribution in [0, 0.1) is 35.8 Å². The number of rotatable bonds is 5. The van der Waals surface area contributed by atoms with Crippen LogP contribution in [0.4, 0.5) is 5.69 Å². The lowest BCUT2D eigenvalue weighted by Gasteiger charge is -2.45. The SMILES string of the molecule is COc1cc([N+](=O)[O-])ccc1-n1c(C)cc(/C=N\N2C(=O)[C@@H]3C4c5ccccc5C(c5ccccc54)[C@@H]3C2=O)c1C. The first kappa shape index (κ1) is 25.0. The van der Waals surface area contributed by atoms with E-state index in [-0.39, 0.29) is 29.3 Å². The van der Waals surface area contributed by atoms with Gasteiger partial charge in [-0.05, 0) is 48.2 Å². The molecule has 41 heavy (non-hydrogen) atoms. The second-order valence-electron chi connectivity index (χ2n) is 10.8. The maximum atomic E-state index is 13.8. The van der Waals surface area contributed by atoms with Gasteiger partial charge in [-0.25, -0.2) is 0 Å². The molecule has 204 valence electrons. The van der Waals surface area contributed by atoms with Crippen molar-refractivity contribution in [2.45, 2.75) is 25.7 Å². The number of hydrogen-bond acceptors (Lipinski definition) is 6. The predicted octanol–water partition coefficient (Wildman–Crippen LogP) is 5.24. The first-order valence-corrected chi connectivity index (χ1v) is 13.4. The number of non-ortho nitro benzene ring substituents is 1. The second-order valence-corrected chi connectivity index (χ2v) is 10.8. The van der Waals surface area contributed by atoms with Crippen LogP contribution in [0.25, 0.3) is 5.69 Å². The van der Waals surface area contributed by atoms with Crippen LogP contribution in [0.1, 0.15) is 51.0 Å². The van der Waals surface area contributed by atoms with Gasteiger partial charge in [0.1, 0.15) is 5.75 Å². The van der Waals surface area contributed by atoms with Crippen LogP contribution in [0.3, 0.4) is 0 Å². The predicted molar refractivity (Wildman–Crippen MR) is 151 cm³/mol. The highest BCUT2D eigenvalue weighted by Crippen LogP contribution is 2.61. The van der Waals surface area contributed by atoms with Crippen molar-refractivity contribution in [3.63, 3.8) is 0 Å². The van der Waals surface area contributed by atoms with Gasteiger partial charge >= 0.3 is 0 Å².